The van der Waals surface area contributed by atoms with E-state index in [1.165, 1.54) is 0 Å². The summed E-state index contributed by atoms with van der Waals surface area (Å²) in [5.41, 5.74) is 7.09. The van der Waals surface area contributed by atoms with E-state index in [1.54, 1.807) is 0 Å². The maximum Gasteiger partial charge on any atom is 0.165 e. The van der Waals surface area contributed by atoms with Gasteiger partial charge in [0.05, 0.1) is 6.54 Å². The molecule has 0 spiro atoms. The highest BCUT2D eigenvalue weighted by Gasteiger charge is 2.14. The zero-order valence-electron chi connectivity index (χ0n) is 11.1. The number of hydrogen-bond acceptors (Lipinski definition) is 3. The van der Waals surface area contributed by atoms with Gasteiger partial charge in [0.1, 0.15) is 23.8 Å². The molecular weight excluding hydrogens is 276 g/mol. The summed E-state index contributed by atoms with van der Waals surface area (Å²) in [7, 11) is 0. The molecule has 0 aliphatic heterocycles. The largest absolute Gasteiger partial charge is 0.486 e. The molecule has 0 amide bonds. The van der Waals surface area contributed by atoms with Crippen molar-refractivity contribution in [2.45, 2.75) is 13.2 Å². The van der Waals surface area contributed by atoms with Gasteiger partial charge in [-0.3, -0.25) is 0 Å². The summed E-state index contributed by atoms with van der Waals surface area (Å²) in [5.74, 6) is -0.725. The Balaban J connectivity index is 1.93. The second-order valence-corrected chi connectivity index (χ2v) is 4.57. The molecule has 0 aliphatic carbocycles. The van der Waals surface area contributed by atoms with E-state index >= 15 is 0 Å². The average Bonchev–Trinajstić information content (AvgIpc) is 2.86. The quantitative estimate of drug-likeness (QED) is 0.795. The molecule has 0 saturated heterocycles. The van der Waals surface area contributed by atoms with E-state index in [0.29, 0.717) is 11.3 Å². The maximum absolute atomic E-state index is 13.6. The Morgan fingerprint density at radius 3 is 2.71 bits per heavy atom. The summed E-state index contributed by atoms with van der Waals surface area (Å²) < 4.78 is 37.7. The zero-order valence-corrected chi connectivity index (χ0v) is 11.1. The molecule has 0 aliphatic rings. The Kier molecular flexibility index (Phi) is 3.58. The van der Waals surface area contributed by atoms with E-state index < -0.39 is 11.6 Å². The van der Waals surface area contributed by atoms with Gasteiger partial charge in [0, 0.05) is 17.0 Å². The third-order valence-corrected chi connectivity index (χ3v) is 3.23. The van der Waals surface area contributed by atoms with Crippen LogP contribution in [0.4, 0.5) is 8.78 Å². The van der Waals surface area contributed by atoms with Crippen molar-refractivity contribution < 1.29 is 17.9 Å². The van der Waals surface area contributed by atoms with Crippen LogP contribution < -0.4 is 10.5 Å². The van der Waals surface area contributed by atoms with E-state index in [4.69, 9.17) is 14.9 Å². The first-order valence-electron chi connectivity index (χ1n) is 6.46. The van der Waals surface area contributed by atoms with Gasteiger partial charge in [0.25, 0.3) is 0 Å². The summed E-state index contributed by atoms with van der Waals surface area (Å²) in [4.78, 5) is 0. The van der Waals surface area contributed by atoms with Crippen LogP contribution in [-0.4, -0.2) is 0 Å². The van der Waals surface area contributed by atoms with E-state index in [2.05, 4.69) is 0 Å². The number of nitrogens with two attached hydrogens (primary N) is 1. The number of rotatable bonds is 4. The predicted molar refractivity (Wildman–Crippen MR) is 74.8 cm³/mol. The molecule has 0 bridgehead atoms. The van der Waals surface area contributed by atoms with Crippen LogP contribution in [0, 0.1) is 11.6 Å². The summed E-state index contributed by atoms with van der Waals surface area (Å²) in [6.07, 6.45) is 0. The van der Waals surface area contributed by atoms with Crippen molar-refractivity contribution in [3.05, 3.63) is 65.4 Å². The third-order valence-electron chi connectivity index (χ3n) is 3.23. The van der Waals surface area contributed by atoms with Gasteiger partial charge in [-0.15, -0.1) is 0 Å². The molecule has 108 valence electrons. The summed E-state index contributed by atoms with van der Waals surface area (Å²) >= 11 is 0. The van der Waals surface area contributed by atoms with Gasteiger partial charge in [0.15, 0.2) is 11.6 Å². The second-order valence-electron chi connectivity index (χ2n) is 4.57. The van der Waals surface area contributed by atoms with Crippen molar-refractivity contribution in [2.75, 3.05) is 0 Å². The molecule has 3 nitrogen and oxygen atoms in total. The molecule has 0 saturated carbocycles. The summed E-state index contributed by atoms with van der Waals surface area (Å²) in [6, 6.07) is 10.5. The van der Waals surface area contributed by atoms with Crippen molar-refractivity contribution >= 4 is 11.0 Å². The van der Waals surface area contributed by atoms with Crippen LogP contribution in [0.2, 0.25) is 0 Å². The molecule has 0 atom stereocenters. The SMILES string of the molecule is NCc1oc2ccccc2c1COc1cc(F)ccc1F. The number of para-hydroxylation sites is 1. The Hall–Kier alpha value is -2.40. The molecule has 2 N–H and O–H groups in total. The van der Waals surface area contributed by atoms with Crippen molar-refractivity contribution in [3.63, 3.8) is 0 Å². The molecule has 3 rings (SSSR count). The van der Waals surface area contributed by atoms with E-state index in [9.17, 15) is 8.78 Å². The van der Waals surface area contributed by atoms with E-state index in [1.807, 2.05) is 24.3 Å². The number of ether oxygens (including phenoxy) is 1. The van der Waals surface area contributed by atoms with Crippen LogP contribution in [-0.2, 0) is 13.2 Å². The Morgan fingerprint density at radius 1 is 1.10 bits per heavy atom. The molecule has 0 fully saturated rings. The smallest absolute Gasteiger partial charge is 0.165 e. The standard InChI is InChI=1S/C16H13F2NO2/c17-10-5-6-13(18)15(7-10)20-9-12-11-3-1-2-4-14(11)21-16(12)8-19/h1-7H,8-9,19H2. The first kappa shape index (κ1) is 13.6. The number of furan rings is 1. The minimum Gasteiger partial charge on any atom is -0.486 e. The van der Waals surface area contributed by atoms with Gasteiger partial charge >= 0.3 is 0 Å². The monoisotopic (exact) mass is 289 g/mol. The molecule has 1 aromatic heterocycles. The van der Waals surface area contributed by atoms with Crippen molar-refractivity contribution in [1.82, 2.24) is 0 Å². The Labute approximate surface area is 119 Å². The molecule has 0 radical (unpaired) electrons. The minimum atomic E-state index is -0.613. The summed E-state index contributed by atoms with van der Waals surface area (Å²) in [6.45, 7) is 0.267. The lowest BCUT2D eigenvalue weighted by Crippen LogP contribution is -2.03. The fourth-order valence-corrected chi connectivity index (χ4v) is 2.21. The number of halogens is 2. The molecule has 3 aromatic rings. The molecule has 0 unspecified atom stereocenters. The molecular formula is C16H13F2NO2. The van der Waals surface area contributed by atoms with Crippen LogP contribution in [0.5, 0.6) is 5.75 Å². The molecule has 2 aromatic carbocycles. The highest BCUT2D eigenvalue weighted by atomic mass is 19.1. The minimum absolute atomic E-state index is 0.0594. The third kappa shape index (κ3) is 2.60. The van der Waals surface area contributed by atoms with E-state index in [0.717, 1.165) is 29.1 Å². The van der Waals surface area contributed by atoms with Gasteiger partial charge in [-0.05, 0) is 18.2 Å². The zero-order chi connectivity index (χ0) is 14.8. The number of benzene rings is 2. The fraction of sp³-hybridized carbons (Fsp3) is 0.125. The predicted octanol–water partition coefficient (Wildman–Crippen LogP) is 3.75. The fourth-order valence-electron chi connectivity index (χ4n) is 2.21. The van der Waals surface area contributed by atoms with Gasteiger partial charge in [-0.25, -0.2) is 8.78 Å². The lowest BCUT2D eigenvalue weighted by Gasteiger charge is -2.07. The molecule has 21 heavy (non-hydrogen) atoms. The first-order valence-corrected chi connectivity index (χ1v) is 6.46. The normalized spacial score (nSPS) is 11.0. The maximum atomic E-state index is 13.6. The van der Waals surface area contributed by atoms with Gasteiger partial charge in [-0.2, -0.15) is 0 Å². The van der Waals surface area contributed by atoms with Crippen LogP contribution in [0.15, 0.2) is 46.9 Å². The first-order chi connectivity index (χ1) is 10.2. The van der Waals surface area contributed by atoms with Crippen molar-refractivity contribution in [1.29, 1.82) is 0 Å². The number of fused-ring (bicyclic) bond motifs is 1. The van der Waals surface area contributed by atoms with Crippen LogP contribution >= 0.6 is 0 Å². The average molecular weight is 289 g/mol. The Morgan fingerprint density at radius 2 is 1.90 bits per heavy atom. The van der Waals surface area contributed by atoms with Gasteiger partial charge < -0.3 is 14.9 Å². The lowest BCUT2D eigenvalue weighted by molar-refractivity contribution is 0.286. The molecule has 1 heterocycles. The van der Waals surface area contributed by atoms with Gasteiger partial charge in [0.2, 0.25) is 0 Å². The Bertz CT molecular complexity index is 783. The van der Waals surface area contributed by atoms with Crippen molar-refractivity contribution in [2.24, 2.45) is 5.73 Å². The number of hydrogen-bond donors (Lipinski definition) is 1. The highest BCUT2D eigenvalue weighted by molar-refractivity contribution is 5.82. The van der Waals surface area contributed by atoms with Crippen LogP contribution in [0.25, 0.3) is 11.0 Å². The second kappa shape index (κ2) is 5.54. The van der Waals surface area contributed by atoms with Gasteiger partial charge in [-0.1, -0.05) is 18.2 Å². The highest BCUT2D eigenvalue weighted by Crippen LogP contribution is 2.27. The van der Waals surface area contributed by atoms with Crippen LogP contribution in [0.1, 0.15) is 11.3 Å². The van der Waals surface area contributed by atoms with Crippen molar-refractivity contribution in [3.8, 4) is 5.75 Å². The lowest BCUT2D eigenvalue weighted by atomic mass is 10.1. The topological polar surface area (TPSA) is 48.4 Å². The molecule has 5 heteroatoms. The summed E-state index contributed by atoms with van der Waals surface area (Å²) in [5, 5.41) is 0.856. The van der Waals surface area contributed by atoms with E-state index in [-0.39, 0.29) is 18.9 Å². The van der Waals surface area contributed by atoms with Crippen LogP contribution in [0.3, 0.4) is 0 Å².